The van der Waals surface area contributed by atoms with Gasteiger partial charge in [0.1, 0.15) is 0 Å². The number of benzene rings is 1. The minimum Gasteiger partial charge on any atom is -0.493 e. The van der Waals surface area contributed by atoms with Gasteiger partial charge in [0.05, 0.1) is 18.7 Å². The fourth-order valence-electron chi connectivity index (χ4n) is 2.87. The van der Waals surface area contributed by atoms with Crippen molar-refractivity contribution in [2.45, 2.75) is 26.2 Å². The third-order valence-corrected chi connectivity index (χ3v) is 4.42. The van der Waals surface area contributed by atoms with Gasteiger partial charge in [-0.1, -0.05) is 18.0 Å². The second-order valence-corrected chi connectivity index (χ2v) is 6.40. The number of methoxy groups -OCH3 is 1. The van der Waals surface area contributed by atoms with Crippen molar-refractivity contribution in [1.29, 1.82) is 0 Å². The summed E-state index contributed by atoms with van der Waals surface area (Å²) in [4.78, 5) is 14.4. The van der Waals surface area contributed by atoms with Gasteiger partial charge in [-0.05, 0) is 56.6 Å². The number of piperidine rings is 1. The molecule has 5 nitrogen and oxygen atoms in total. The van der Waals surface area contributed by atoms with E-state index in [0.717, 1.165) is 25.2 Å². The molecule has 0 saturated carbocycles. The maximum Gasteiger partial charge on any atom is 0.244 e. The second kappa shape index (κ2) is 10.3. The van der Waals surface area contributed by atoms with Crippen molar-refractivity contribution in [2.24, 2.45) is 0 Å². The van der Waals surface area contributed by atoms with E-state index in [0.29, 0.717) is 29.7 Å². The molecule has 1 aliphatic rings. The van der Waals surface area contributed by atoms with Crippen molar-refractivity contribution in [2.75, 3.05) is 39.9 Å². The lowest BCUT2D eigenvalue weighted by atomic mass is 10.1. The minimum absolute atomic E-state index is 0.110. The first kappa shape index (κ1) is 19.6. The summed E-state index contributed by atoms with van der Waals surface area (Å²) in [6.45, 7) is 6.23. The molecule has 1 amide bonds. The Kier molecular flexibility index (Phi) is 8.09. The third kappa shape index (κ3) is 6.25. The molecule has 0 radical (unpaired) electrons. The van der Waals surface area contributed by atoms with Gasteiger partial charge < -0.3 is 19.7 Å². The molecule has 1 fully saturated rings. The number of carbonyl (C=O) groups excluding carboxylic acids is 1. The predicted octanol–water partition coefficient (Wildman–Crippen LogP) is 3.36. The molecule has 0 aromatic heterocycles. The summed E-state index contributed by atoms with van der Waals surface area (Å²) in [5.41, 5.74) is 0.788. The van der Waals surface area contributed by atoms with E-state index in [1.807, 2.05) is 6.92 Å². The standard InChI is InChI=1S/C19H27ClN2O3/c1-3-25-19-16(20)13-15(14-17(19)24-2)7-8-18(23)21-9-12-22-10-5-4-6-11-22/h7-8,13-14H,3-6,9-12H2,1-2H3,(H,21,23)/b8-7+. The van der Waals surface area contributed by atoms with Crippen LogP contribution in [0.3, 0.4) is 0 Å². The Balaban J connectivity index is 1.87. The summed E-state index contributed by atoms with van der Waals surface area (Å²) in [7, 11) is 1.56. The van der Waals surface area contributed by atoms with Gasteiger partial charge in [0.15, 0.2) is 11.5 Å². The zero-order chi connectivity index (χ0) is 18.1. The molecule has 2 rings (SSSR count). The van der Waals surface area contributed by atoms with Crippen LogP contribution in [0.2, 0.25) is 5.02 Å². The van der Waals surface area contributed by atoms with E-state index >= 15 is 0 Å². The number of likely N-dealkylation sites (tertiary alicyclic amines) is 1. The van der Waals surface area contributed by atoms with Crippen LogP contribution in [0.1, 0.15) is 31.7 Å². The van der Waals surface area contributed by atoms with Crippen LogP contribution in [-0.4, -0.2) is 50.7 Å². The molecule has 0 spiro atoms. The van der Waals surface area contributed by atoms with Crippen LogP contribution in [0.15, 0.2) is 18.2 Å². The Morgan fingerprint density at radius 1 is 1.32 bits per heavy atom. The highest BCUT2D eigenvalue weighted by Gasteiger charge is 2.11. The molecule has 0 atom stereocenters. The molecule has 25 heavy (non-hydrogen) atoms. The zero-order valence-electron chi connectivity index (χ0n) is 15.0. The van der Waals surface area contributed by atoms with Crippen molar-refractivity contribution >= 4 is 23.6 Å². The number of carbonyl (C=O) groups is 1. The molecule has 0 unspecified atom stereocenters. The lowest BCUT2D eigenvalue weighted by Gasteiger charge is -2.26. The summed E-state index contributed by atoms with van der Waals surface area (Å²) in [5, 5.41) is 3.38. The van der Waals surface area contributed by atoms with E-state index in [-0.39, 0.29) is 5.91 Å². The van der Waals surface area contributed by atoms with E-state index in [1.165, 1.54) is 25.3 Å². The number of nitrogens with one attached hydrogen (secondary N) is 1. The molecule has 0 aliphatic carbocycles. The Morgan fingerprint density at radius 2 is 2.08 bits per heavy atom. The summed E-state index contributed by atoms with van der Waals surface area (Å²) in [6, 6.07) is 3.56. The summed E-state index contributed by atoms with van der Waals surface area (Å²) in [5.74, 6) is 0.968. The van der Waals surface area contributed by atoms with Gasteiger partial charge in [0.25, 0.3) is 0 Å². The molecule has 0 bridgehead atoms. The summed E-state index contributed by atoms with van der Waals surface area (Å²) >= 11 is 6.23. The first-order valence-corrected chi connectivity index (χ1v) is 9.20. The fourth-order valence-corrected chi connectivity index (χ4v) is 3.15. The molecule has 1 aliphatic heterocycles. The topological polar surface area (TPSA) is 50.8 Å². The van der Waals surface area contributed by atoms with Gasteiger partial charge in [-0.15, -0.1) is 0 Å². The molecular formula is C19H27ClN2O3. The number of rotatable bonds is 8. The Hall–Kier alpha value is -1.72. The van der Waals surface area contributed by atoms with Crippen LogP contribution in [-0.2, 0) is 4.79 Å². The number of amides is 1. The number of ether oxygens (including phenoxy) is 2. The summed E-state index contributed by atoms with van der Waals surface area (Å²) < 4.78 is 10.8. The van der Waals surface area contributed by atoms with Crippen LogP contribution >= 0.6 is 11.6 Å². The molecule has 6 heteroatoms. The van der Waals surface area contributed by atoms with Gasteiger partial charge >= 0.3 is 0 Å². The average molecular weight is 367 g/mol. The minimum atomic E-state index is -0.110. The largest absolute Gasteiger partial charge is 0.493 e. The molecule has 1 saturated heterocycles. The smallest absolute Gasteiger partial charge is 0.244 e. The first-order chi connectivity index (χ1) is 12.1. The van der Waals surface area contributed by atoms with Crippen LogP contribution < -0.4 is 14.8 Å². The Bertz CT molecular complexity index is 599. The van der Waals surface area contributed by atoms with Crippen LogP contribution in [0.5, 0.6) is 11.5 Å². The maximum absolute atomic E-state index is 12.0. The summed E-state index contributed by atoms with van der Waals surface area (Å²) in [6.07, 6.45) is 7.07. The van der Waals surface area contributed by atoms with Gasteiger partial charge in [-0.3, -0.25) is 4.79 Å². The Morgan fingerprint density at radius 3 is 2.76 bits per heavy atom. The average Bonchev–Trinajstić information content (AvgIpc) is 2.62. The van der Waals surface area contributed by atoms with E-state index in [1.54, 1.807) is 25.3 Å². The van der Waals surface area contributed by atoms with Crippen molar-refractivity contribution < 1.29 is 14.3 Å². The van der Waals surface area contributed by atoms with Gasteiger partial charge in [-0.2, -0.15) is 0 Å². The molecule has 1 aromatic rings. The number of halogens is 1. The van der Waals surface area contributed by atoms with E-state index in [2.05, 4.69) is 10.2 Å². The molecule has 1 aromatic carbocycles. The van der Waals surface area contributed by atoms with E-state index in [9.17, 15) is 4.79 Å². The highest BCUT2D eigenvalue weighted by Crippen LogP contribution is 2.36. The monoisotopic (exact) mass is 366 g/mol. The molecule has 138 valence electrons. The van der Waals surface area contributed by atoms with Crippen molar-refractivity contribution in [3.63, 3.8) is 0 Å². The predicted molar refractivity (Wildman–Crippen MR) is 102 cm³/mol. The molecule has 1 heterocycles. The van der Waals surface area contributed by atoms with Gasteiger partial charge in [0.2, 0.25) is 5.91 Å². The number of hydrogen-bond donors (Lipinski definition) is 1. The van der Waals surface area contributed by atoms with Crippen LogP contribution in [0.25, 0.3) is 6.08 Å². The highest BCUT2D eigenvalue weighted by molar-refractivity contribution is 6.32. The molecule has 1 N–H and O–H groups in total. The lowest BCUT2D eigenvalue weighted by molar-refractivity contribution is -0.116. The van der Waals surface area contributed by atoms with E-state index < -0.39 is 0 Å². The van der Waals surface area contributed by atoms with Crippen LogP contribution in [0, 0.1) is 0 Å². The number of nitrogens with zero attached hydrogens (tertiary/aromatic N) is 1. The zero-order valence-corrected chi connectivity index (χ0v) is 15.8. The second-order valence-electron chi connectivity index (χ2n) is 5.99. The normalized spacial score (nSPS) is 15.3. The van der Waals surface area contributed by atoms with E-state index in [4.69, 9.17) is 21.1 Å². The van der Waals surface area contributed by atoms with Gasteiger partial charge in [0, 0.05) is 19.2 Å². The first-order valence-electron chi connectivity index (χ1n) is 8.82. The quantitative estimate of drug-likeness (QED) is 0.717. The Labute approximate surface area is 154 Å². The van der Waals surface area contributed by atoms with Crippen LogP contribution in [0.4, 0.5) is 0 Å². The SMILES string of the molecule is CCOc1c(Cl)cc(/C=C/C(=O)NCCN2CCCCC2)cc1OC. The van der Waals surface area contributed by atoms with Crippen molar-refractivity contribution in [3.8, 4) is 11.5 Å². The molecular weight excluding hydrogens is 340 g/mol. The van der Waals surface area contributed by atoms with Crippen molar-refractivity contribution in [1.82, 2.24) is 10.2 Å². The third-order valence-electron chi connectivity index (χ3n) is 4.14. The van der Waals surface area contributed by atoms with Crippen molar-refractivity contribution in [3.05, 3.63) is 28.8 Å². The number of hydrogen-bond acceptors (Lipinski definition) is 4. The van der Waals surface area contributed by atoms with Gasteiger partial charge in [-0.25, -0.2) is 0 Å². The fraction of sp³-hybridized carbons (Fsp3) is 0.526. The maximum atomic E-state index is 12.0. The lowest BCUT2D eigenvalue weighted by Crippen LogP contribution is -2.37. The highest BCUT2D eigenvalue weighted by atomic mass is 35.5.